The molecule has 2 aromatic heterocycles. The molecular formula is C22H22F3N3O4. The molecule has 0 aliphatic carbocycles. The first-order valence-electron chi connectivity index (χ1n) is 9.75. The maximum atomic E-state index is 12.9. The zero-order valence-corrected chi connectivity index (χ0v) is 18.2. The topological polar surface area (TPSA) is 87.3 Å². The van der Waals surface area contributed by atoms with Gasteiger partial charge in [0, 0.05) is 29.9 Å². The van der Waals surface area contributed by atoms with E-state index in [4.69, 9.17) is 4.74 Å². The number of aromatic nitrogens is 3. The van der Waals surface area contributed by atoms with Crippen LogP contribution in [0.3, 0.4) is 0 Å². The number of hydrogen-bond acceptors (Lipinski definition) is 7. The smallest absolute Gasteiger partial charge is 0.437 e. The fraction of sp³-hybridized carbons (Fsp3) is 0.364. The highest BCUT2D eigenvalue weighted by Crippen LogP contribution is 2.36. The number of rotatable bonds is 5. The van der Waals surface area contributed by atoms with Crippen LogP contribution < -0.4 is 4.74 Å². The number of benzene rings is 1. The minimum absolute atomic E-state index is 0.0404. The number of carbonyl (C=O) groups is 1. The van der Waals surface area contributed by atoms with Crippen molar-refractivity contribution in [3.63, 3.8) is 0 Å². The molecule has 0 fully saturated rings. The molecule has 0 bridgehead atoms. The number of nitrogens with zero attached hydrogens (tertiary/aromatic N) is 3. The summed E-state index contributed by atoms with van der Waals surface area (Å²) in [6.07, 6.45) is -2.07. The van der Waals surface area contributed by atoms with Crippen molar-refractivity contribution in [3.05, 3.63) is 58.2 Å². The second kappa shape index (κ2) is 8.97. The molecule has 0 spiro atoms. The summed E-state index contributed by atoms with van der Waals surface area (Å²) in [5, 5.41) is 3.54. The van der Waals surface area contributed by atoms with Crippen LogP contribution in [0.4, 0.5) is 18.0 Å². The minimum atomic E-state index is -4.72. The molecule has 170 valence electrons. The van der Waals surface area contributed by atoms with Gasteiger partial charge in [0.05, 0.1) is 7.11 Å². The van der Waals surface area contributed by atoms with Crippen LogP contribution in [0, 0.1) is 13.8 Å². The molecule has 3 rings (SSSR count). The number of ether oxygens (including phenoxy) is 2. The van der Waals surface area contributed by atoms with Crippen LogP contribution >= 0.6 is 0 Å². The van der Waals surface area contributed by atoms with Crippen LogP contribution in [-0.2, 0) is 17.3 Å². The van der Waals surface area contributed by atoms with E-state index in [1.807, 2.05) is 20.8 Å². The predicted molar refractivity (Wildman–Crippen MR) is 108 cm³/mol. The van der Waals surface area contributed by atoms with Gasteiger partial charge in [-0.3, -0.25) is 4.98 Å². The molecule has 1 aromatic carbocycles. The molecule has 0 amide bonds. The average Bonchev–Trinajstić information content (AvgIpc) is 3.23. The average molecular weight is 449 g/mol. The molecule has 7 nitrogen and oxygen atoms in total. The lowest BCUT2D eigenvalue weighted by Crippen LogP contribution is -2.10. The Morgan fingerprint density at radius 3 is 2.53 bits per heavy atom. The molecule has 32 heavy (non-hydrogen) atoms. The van der Waals surface area contributed by atoms with Crippen molar-refractivity contribution in [2.24, 2.45) is 0 Å². The third-order valence-corrected chi connectivity index (χ3v) is 5.18. The Hall–Kier alpha value is -3.43. The molecule has 0 saturated heterocycles. The fourth-order valence-corrected chi connectivity index (χ4v) is 3.39. The summed E-state index contributed by atoms with van der Waals surface area (Å²) in [4.78, 5) is 19.2. The Balaban J connectivity index is 2.09. The fourth-order valence-electron chi connectivity index (χ4n) is 3.39. The number of carbonyl (C=O) groups excluding carboxylic acids is 1. The maximum absolute atomic E-state index is 12.9. The van der Waals surface area contributed by atoms with Crippen molar-refractivity contribution in [3.8, 4) is 17.1 Å². The molecule has 3 aromatic rings. The number of halogens is 3. The van der Waals surface area contributed by atoms with Gasteiger partial charge in [-0.2, -0.15) is 18.2 Å². The van der Waals surface area contributed by atoms with E-state index in [1.165, 1.54) is 13.3 Å². The Morgan fingerprint density at radius 1 is 1.22 bits per heavy atom. The van der Waals surface area contributed by atoms with Gasteiger partial charge in [-0.05, 0) is 54.2 Å². The van der Waals surface area contributed by atoms with Crippen LogP contribution in [-0.4, -0.2) is 28.4 Å². The van der Waals surface area contributed by atoms with Gasteiger partial charge in [0.25, 0.3) is 0 Å². The molecule has 0 radical (unpaired) electrons. The Bertz CT molecular complexity index is 1140. The highest BCUT2D eigenvalue weighted by molar-refractivity contribution is 5.67. The standard InChI is InChI=1S/C22H22F3N3O4/c1-11(2)15-9-17(19-27-20(32-28-19)22(23,24)25)13(4)12(3)16(15)8-14-10-26-7-6-18(14)31-21(29)30-5/h6-7,9-11H,8H2,1-5H3. The number of methoxy groups -OCH3 is 1. The molecule has 0 aliphatic rings. The molecule has 0 N–H and O–H groups in total. The number of pyridine rings is 1. The van der Waals surface area contributed by atoms with E-state index < -0.39 is 18.2 Å². The Morgan fingerprint density at radius 2 is 1.94 bits per heavy atom. The summed E-state index contributed by atoms with van der Waals surface area (Å²) < 4.78 is 53.0. The number of alkyl halides is 3. The second-order valence-corrected chi connectivity index (χ2v) is 7.53. The molecule has 0 atom stereocenters. The first kappa shape index (κ1) is 23.2. The molecule has 0 unspecified atom stereocenters. The van der Waals surface area contributed by atoms with Crippen molar-refractivity contribution >= 4 is 6.16 Å². The van der Waals surface area contributed by atoms with Crippen LogP contribution in [0.1, 0.15) is 53.5 Å². The SMILES string of the molecule is COC(=O)Oc1ccncc1Cc1c(C(C)C)cc(-c2noc(C(F)(F)F)n2)c(C)c1C. The van der Waals surface area contributed by atoms with Gasteiger partial charge >= 0.3 is 18.2 Å². The predicted octanol–water partition coefficient (Wildman–Crippen LogP) is 5.63. The van der Waals surface area contributed by atoms with Gasteiger partial charge in [0.2, 0.25) is 5.82 Å². The summed E-state index contributed by atoms with van der Waals surface area (Å²) in [5.74, 6) is -1.16. The van der Waals surface area contributed by atoms with E-state index in [-0.39, 0.29) is 11.7 Å². The van der Waals surface area contributed by atoms with Gasteiger partial charge in [-0.25, -0.2) is 4.79 Å². The van der Waals surface area contributed by atoms with Crippen molar-refractivity contribution < 1.29 is 32.0 Å². The lowest BCUT2D eigenvalue weighted by Gasteiger charge is -2.20. The molecular weight excluding hydrogens is 427 g/mol. The lowest BCUT2D eigenvalue weighted by atomic mass is 9.85. The van der Waals surface area contributed by atoms with Gasteiger partial charge in [-0.15, -0.1) is 0 Å². The van der Waals surface area contributed by atoms with Crippen LogP contribution in [0.25, 0.3) is 11.4 Å². The van der Waals surface area contributed by atoms with Crippen molar-refractivity contribution in [1.82, 2.24) is 15.1 Å². The molecule has 10 heteroatoms. The zero-order valence-electron chi connectivity index (χ0n) is 18.2. The van der Waals surface area contributed by atoms with E-state index in [0.717, 1.165) is 22.3 Å². The summed E-state index contributed by atoms with van der Waals surface area (Å²) in [5.41, 5.74) is 4.55. The third kappa shape index (κ3) is 4.74. The van der Waals surface area contributed by atoms with E-state index in [2.05, 4.69) is 24.4 Å². The highest BCUT2D eigenvalue weighted by atomic mass is 19.4. The largest absolute Gasteiger partial charge is 0.513 e. The summed E-state index contributed by atoms with van der Waals surface area (Å²) in [6.45, 7) is 7.62. The Labute approximate surface area is 182 Å². The van der Waals surface area contributed by atoms with Gasteiger partial charge in [-0.1, -0.05) is 19.0 Å². The molecule has 2 heterocycles. The van der Waals surface area contributed by atoms with Gasteiger partial charge in [0.15, 0.2) is 0 Å². The van der Waals surface area contributed by atoms with Crippen LogP contribution in [0.15, 0.2) is 29.0 Å². The monoisotopic (exact) mass is 449 g/mol. The Kier molecular flexibility index (Phi) is 6.52. The van der Waals surface area contributed by atoms with Crippen molar-refractivity contribution in [2.75, 3.05) is 7.11 Å². The van der Waals surface area contributed by atoms with Crippen LogP contribution in [0.2, 0.25) is 0 Å². The second-order valence-electron chi connectivity index (χ2n) is 7.53. The lowest BCUT2D eigenvalue weighted by molar-refractivity contribution is -0.159. The number of hydrogen-bond donors (Lipinski definition) is 0. The van der Waals surface area contributed by atoms with Crippen molar-refractivity contribution in [1.29, 1.82) is 0 Å². The summed E-state index contributed by atoms with van der Waals surface area (Å²) in [6, 6.07) is 3.35. The van der Waals surface area contributed by atoms with E-state index in [1.54, 1.807) is 25.3 Å². The van der Waals surface area contributed by atoms with E-state index >= 15 is 0 Å². The highest BCUT2D eigenvalue weighted by Gasteiger charge is 2.38. The maximum Gasteiger partial charge on any atom is 0.513 e. The summed E-state index contributed by atoms with van der Waals surface area (Å²) in [7, 11) is 1.22. The normalized spacial score (nSPS) is 11.7. The van der Waals surface area contributed by atoms with Crippen LogP contribution in [0.5, 0.6) is 5.75 Å². The zero-order chi connectivity index (χ0) is 23.6. The quantitative estimate of drug-likeness (QED) is 0.467. The van der Waals surface area contributed by atoms with E-state index in [9.17, 15) is 18.0 Å². The molecule has 0 aliphatic heterocycles. The van der Waals surface area contributed by atoms with E-state index in [0.29, 0.717) is 23.3 Å². The summed E-state index contributed by atoms with van der Waals surface area (Å²) >= 11 is 0. The van der Waals surface area contributed by atoms with Gasteiger partial charge in [0.1, 0.15) is 5.75 Å². The minimum Gasteiger partial charge on any atom is -0.437 e. The first-order valence-corrected chi connectivity index (χ1v) is 9.75. The van der Waals surface area contributed by atoms with Crippen molar-refractivity contribution in [2.45, 2.75) is 46.2 Å². The first-order chi connectivity index (χ1) is 15.0. The molecule has 0 saturated carbocycles. The van der Waals surface area contributed by atoms with Gasteiger partial charge < -0.3 is 14.0 Å². The third-order valence-electron chi connectivity index (χ3n) is 5.18.